The summed E-state index contributed by atoms with van der Waals surface area (Å²) < 4.78 is 28.7. The number of phenolic OH excluding ortho intramolecular Hbond substituents is 1. The Morgan fingerprint density at radius 2 is 1.76 bits per heavy atom. The van der Waals surface area contributed by atoms with E-state index in [-0.39, 0.29) is 29.2 Å². The van der Waals surface area contributed by atoms with E-state index in [1.165, 1.54) is 50.4 Å². The molecule has 4 rings (SSSR count). The maximum absolute atomic E-state index is 13.6. The van der Waals surface area contributed by atoms with Gasteiger partial charge in [0.1, 0.15) is 6.04 Å². The number of esters is 1. The monoisotopic (exact) mass is 540 g/mol. The van der Waals surface area contributed by atoms with Gasteiger partial charge in [-0.2, -0.15) is 0 Å². The van der Waals surface area contributed by atoms with E-state index >= 15 is 0 Å². The molecule has 0 bridgehead atoms. The van der Waals surface area contributed by atoms with Crippen LogP contribution in [0.4, 0.5) is 0 Å². The topological polar surface area (TPSA) is 118 Å². The van der Waals surface area contributed by atoms with Gasteiger partial charge >= 0.3 is 5.97 Å². The number of carbonyl (C=O) groups is 1. The highest BCUT2D eigenvalue weighted by atomic mass is 32.1. The first-order valence-corrected chi connectivity index (χ1v) is 12.5. The highest BCUT2D eigenvalue weighted by Crippen LogP contribution is 2.40. The highest BCUT2D eigenvalue weighted by Gasteiger charge is 2.32. The molecule has 0 saturated carbocycles. The Kier molecular flexibility index (Phi) is 7.77. The molecule has 2 aromatic carbocycles. The molecule has 0 unspecified atom stereocenters. The van der Waals surface area contributed by atoms with Crippen molar-refractivity contribution in [2.75, 3.05) is 35.0 Å². The van der Waals surface area contributed by atoms with Crippen LogP contribution < -0.4 is 33.8 Å². The van der Waals surface area contributed by atoms with E-state index in [0.717, 1.165) is 0 Å². The summed E-state index contributed by atoms with van der Waals surface area (Å²) in [6, 6.07) is 7.45. The fourth-order valence-electron chi connectivity index (χ4n) is 4.30. The standard InChI is InChI=1S/C27H28N2O8S/c1-7-37-26(32)21-14(2)29-25(31)20(13-16-9-11-18(33-3)24(36-6)23(16)35-5)38-27(29)28-22(21)15-8-10-17(30)19(12-15)34-4/h8-13,22,30H,7H2,1-6H3/b20-13+/t22-/m0/s1. The second kappa shape index (κ2) is 11.0. The zero-order valence-electron chi connectivity index (χ0n) is 21.9. The SMILES string of the molecule is CCOC(=O)C1=C(C)n2c(s/c(=C/c3ccc(OC)c(OC)c3OC)c2=O)=N[C@H]1c1ccc(O)c(OC)c1. The summed E-state index contributed by atoms with van der Waals surface area (Å²) in [4.78, 5) is 31.8. The molecule has 2 heterocycles. The number of rotatable bonds is 8. The van der Waals surface area contributed by atoms with Gasteiger partial charge in [-0.15, -0.1) is 0 Å². The maximum Gasteiger partial charge on any atom is 0.338 e. The van der Waals surface area contributed by atoms with Crippen LogP contribution in [0.15, 0.2) is 45.7 Å². The molecule has 1 aromatic heterocycles. The van der Waals surface area contributed by atoms with Gasteiger partial charge in [-0.1, -0.05) is 17.4 Å². The Morgan fingerprint density at radius 1 is 1.05 bits per heavy atom. The lowest BCUT2D eigenvalue weighted by atomic mass is 9.96. The summed E-state index contributed by atoms with van der Waals surface area (Å²) in [6.45, 7) is 3.55. The van der Waals surface area contributed by atoms with Crippen molar-refractivity contribution in [3.8, 4) is 28.7 Å². The lowest BCUT2D eigenvalue weighted by molar-refractivity contribution is -0.138. The van der Waals surface area contributed by atoms with Gasteiger partial charge in [0.2, 0.25) is 5.75 Å². The summed E-state index contributed by atoms with van der Waals surface area (Å²) in [7, 11) is 5.97. The van der Waals surface area contributed by atoms with E-state index in [0.29, 0.717) is 43.4 Å². The number of fused-ring (bicyclic) bond motifs is 1. The first-order chi connectivity index (χ1) is 18.3. The van der Waals surface area contributed by atoms with Crippen LogP contribution in [-0.2, 0) is 9.53 Å². The second-order valence-electron chi connectivity index (χ2n) is 8.14. The molecule has 0 fully saturated rings. The number of aromatic hydroxyl groups is 1. The van der Waals surface area contributed by atoms with Gasteiger partial charge < -0.3 is 28.8 Å². The van der Waals surface area contributed by atoms with Gasteiger partial charge in [0.15, 0.2) is 27.8 Å². The molecule has 1 atom stereocenters. The molecule has 200 valence electrons. The van der Waals surface area contributed by atoms with Gasteiger partial charge in [0, 0.05) is 11.3 Å². The van der Waals surface area contributed by atoms with Crippen LogP contribution >= 0.6 is 11.3 Å². The molecule has 0 spiro atoms. The van der Waals surface area contributed by atoms with Crippen molar-refractivity contribution >= 4 is 29.1 Å². The molecule has 0 amide bonds. The van der Waals surface area contributed by atoms with Gasteiger partial charge in [-0.3, -0.25) is 9.36 Å². The van der Waals surface area contributed by atoms with E-state index in [1.54, 1.807) is 44.2 Å². The van der Waals surface area contributed by atoms with Gasteiger partial charge in [-0.25, -0.2) is 9.79 Å². The number of methoxy groups -OCH3 is 4. The number of thiazole rings is 1. The highest BCUT2D eigenvalue weighted by molar-refractivity contribution is 7.07. The summed E-state index contributed by atoms with van der Waals surface area (Å²) in [6.07, 6.45) is 1.69. The first kappa shape index (κ1) is 26.8. The van der Waals surface area contributed by atoms with E-state index < -0.39 is 12.0 Å². The minimum absolute atomic E-state index is 0.0424. The molecule has 0 radical (unpaired) electrons. The van der Waals surface area contributed by atoms with Crippen LogP contribution in [0.5, 0.6) is 28.7 Å². The molecule has 10 nitrogen and oxygen atoms in total. The number of benzene rings is 2. The Balaban J connectivity index is 1.97. The molecule has 1 aliphatic rings. The van der Waals surface area contributed by atoms with Gasteiger partial charge in [0.25, 0.3) is 5.56 Å². The second-order valence-corrected chi connectivity index (χ2v) is 9.15. The summed E-state index contributed by atoms with van der Waals surface area (Å²) in [5, 5.41) is 10.1. The molecule has 1 aliphatic heterocycles. The molecular weight excluding hydrogens is 512 g/mol. The van der Waals surface area contributed by atoms with Crippen molar-refractivity contribution in [3.63, 3.8) is 0 Å². The smallest absolute Gasteiger partial charge is 0.338 e. The normalized spacial score (nSPS) is 15.0. The first-order valence-electron chi connectivity index (χ1n) is 11.6. The van der Waals surface area contributed by atoms with Crippen molar-refractivity contribution in [3.05, 3.63) is 66.7 Å². The van der Waals surface area contributed by atoms with Crippen LogP contribution in [0, 0.1) is 0 Å². The number of carbonyl (C=O) groups excluding carboxylic acids is 1. The molecule has 11 heteroatoms. The van der Waals surface area contributed by atoms with Crippen LogP contribution in [0.2, 0.25) is 0 Å². The van der Waals surface area contributed by atoms with E-state index in [1.807, 2.05) is 0 Å². The zero-order valence-corrected chi connectivity index (χ0v) is 22.7. The molecule has 3 aromatic rings. The third kappa shape index (κ3) is 4.60. The predicted molar refractivity (Wildman–Crippen MR) is 142 cm³/mol. The van der Waals surface area contributed by atoms with Crippen LogP contribution in [0.3, 0.4) is 0 Å². The Bertz CT molecular complexity index is 1600. The van der Waals surface area contributed by atoms with Gasteiger partial charge in [-0.05, 0) is 49.8 Å². The fourth-order valence-corrected chi connectivity index (χ4v) is 5.33. The van der Waals surface area contributed by atoms with Crippen LogP contribution in [0.25, 0.3) is 11.8 Å². The van der Waals surface area contributed by atoms with Crippen molar-refractivity contribution < 1.29 is 33.6 Å². The minimum Gasteiger partial charge on any atom is -0.504 e. The zero-order chi connectivity index (χ0) is 27.6. The van der Waals surface area contributed by atoms with Crippen molar-refractivity contribution in [1.82, 2.24) is 4.57 Å². The number of hydrogen-bond donors (Lipinski definition) is 1. The lowest BCUT2D eigenvalue weighted by Crippen LogP contribution is -2.35. The average Bonchev–Trinajstić information content (AvgIpc) is 3.23. The van der Waals surface area contributed by atoms with E-state index in [2.05, 4.69) is 0 Å². The number of hydrogen-bond acceptors (Lipinski definition) is 10. The summed E-state index contributed by atoms with van der Waals surface area (Å²) in [5.74, 6) is 0.914. The third-order valence-electron chi connectivity index (χ3n) is 6.08. The Labute approximate surface area is 222 Å². The van der Waals surface area contributed by atoms with Crippen LogP contribution in [0.1, 0.15) is 31.0 Å². The quantitative estimate of drug-likeness (QED) is 0.434. The van der Waals surface area contributed by atoms with Crippen molar-refractivity contribution in [2.45, 2.75) is 19.9 Å². The number of nitrogens with zero attached hydrogens (tertiary/aromatic N) is 2. The Morgan fingerprint density at radius 3 is 2.39 bits per heavy atom. The molecule has 0 saturated heterocycles. The summed E-state index contributed by atoms with van der Waals surface area (Å²) in [5.41, 5.74) is 1.49. The molecular formula is C27H28N2O8S. The number of aromatic nitrogens is 1. The average molecular weight is 541 g/mol. The minimum atomic E-state index is -0.773. The molecule has 1 N–H and O–H groups in total. The number of phenols is 1. The van der Waals surface area contributed by atoms with Crippen LogP contribution in [-0.4, -0.2) is 50.7 Å². The summed E-state index contributed by atoms with van der Waals surface area (Å²) >= 11 is 1.18. The predicted octanol–water partition coefficient (Wildman–Crippen LogP) is 2.65. The van der Waals surface area contributed by atoms with Crippen molar-refractivity contribution in [1.29, 1.82) is 0 Å². The lowest BCUT2D eigenvalue weighted by Gasteiger charge is -2.22. The largest absolute Gasteiger partial charge is 0.504 e. The third-order valence-corrected chi connectivity index (χ3v) is 7.06. The number of allylic oxidation sites excluding steroid dienone is 1. The Hall–Kier alpha value is -4.25. The van der Waals surface area contributed by atoms with Gasteiger partial charge in [0.05, 0.1) is 45.2 Å². The van der Waals surface area contributed by atoms with E-state index in [9.17, 15) is 14.7 Å². The molecule has 38 heavy (non-hydrogen) atoms. The maximum atomic E-state index is 13.6. The molecule has 0 aliphatic carbocycles. The van der Waals surface area contributed by atoms with Crippen molar-refractivity contribution in [2.24, 2.45) is 4.99 Å². The van der Waals surface area contributed by atoms with E-state index in [4.69, 9.17) is 28.7 Å². The fraction of sp³-hybridized carbons (Fsp3) is 0.296. The number of ether oxygens (including phenoxy) is 5.